The van der Waals surface area contributed by atoms with Crippen LogP contribution in [0, 0.1) is 24.1 Å². The molecule has 5 rings (SSSR count). The van der Waals surface area contributed by atoms with Crippen LogP contribution >= 0.6 is 0 Å². The van der Waals surface area contributed by atoms with E-state index in [1.54, 1.807) is 18.9 Å². The van der Waals surface area contributed by atoms with Crippen molar-refractivity contribution in [3.05, 3.63) is 41.5 Å². The monoisotopic (exact) mass is 520 g/mol. The van der Waals surface area contributed by atoms with Crippen molar-refractivity contribution in [2.24, 2.45) is 18.4 Å². The molecule has 2 atom stereocenters. The SMILES string of the molecule is Cc1cc(NC(=O)c2c3c(cn2C)S(=O)(=O)N[C@@H]2CCN(C(=O)C4(C)COC4)C[C@H]2CO3)ccc1F. The zero-order valence-corrected chi connectivity index (χ0v) is 21.2. The molecule has 2 saturated heterocycles. The van der Waals surface area contributed by atoms with Gasteiger partial charge in [0, 0.05) is 44.0 Å². The smallest absolute Gasteiger partial charge is 0.276 e. The fourth-order valence-corrected chi connectivity index (χ4v) is 6.52. The molecule has 0 bridgehead atoms. The number of hydrogen-bond donors (Lipinski definition) is 2. The Morgan fingerprint density at radius 3 is 2.69 bits per heavy atom. The molecule has 0 spiro atoms. The number of halogens is 1. The van der Waals surface area contributed by atoms with Gasteiger partial charge in [-0.3, -0.25) is 9.59 Å². The Bertz CT molecular complexity index is 1340. The molecule has 3 aliphatic rings. The highest BCUT2D eigenvalue weighted by Gasteiger charge is 2.46. The number of carbonyl (C=O) groups excluding carboxylic acids is 2. The Labute approximate surface area is 208 Å². The number of likely N-dealkylation sites (tertiary alicyclic amines) is 1. The average molecular weight is 521 g/mol. The molecular weight excluding hydrogens is 491 g/mol. The van der Waals surface area contributed by atoms with Gasteiger partial charge in [0.1, 0.15) is 10.7 Å². The number of nitrogens with zero attached hydrogens (tertiary/aromatic N) is 2. The first-order valence-electron chi connectivity index (χ1n) is 11.8. The predicted molar refractivity (Wildman–Crippen MR) is 128 cm³/mol. The minimum atomic E-state index is -4.00. The lowest BCUT2D eigenvalue weighted by molar-refractivity contribution is -0.170. The molecule has 1 aromatic heterocycles. The summed E-state index contributed by atoms with van der Waals surface area (Å²) in [5.41, 5.74) is 0.211. The summed E-state index contributed by atoms with van der Waals surface area (Å²) in [6.45, 7) is 5.09. The molecule has 2 amide bonds. The highest BCUT2D eigenvalue weighted by molar-refractivity contribution is 7.89. The van der Waals surface area contributed by atoms with Crippen molar-refractivity contribution in [2.45, 2.75) is 31.2 Å². The van der Waals surface area contributed by atoms with Crippen LogP contribution < -0.4 is 14.8 Å². The lowest BCUT2D eigenvalue weighted by atomic mass is 9.84. The summed E-state index contributed by atoms with van der Waals surface area (Å²) < 4.78 is 55.6. The molecule has 12 heteroatoms. The number of sulfonamides is 1. The van der Waals surface area contributed by atoms with Gasteiger partial charge in [-0.2, -0.15) is 0 Å². The molecule has 194 valence electrons. The van der Waals surface area contributed by atoms with Crippen LogP contribution in [0.1, 0.15) is 29.4 Å². The van der Waals surface area contributed by atoms with Gasteiger partial charge in [-0.15, -0.1) is 0 Å². The highest BCUT2D eigenvalue weighted by Crippen LogP contribution is 2.36. The highest BCUT2D eigenvalue weighted by atomic mass is 32.2. The van der Waals surface area contributed by atoms with E-state index in [1.165, 1.54) is 29.0 Å². The van der Waals surface area contributed by atoms with E-state index in [9.17, 15) is 22.4 Å². The van der Waals surface area contributed by atoms with Crippen LogP contribution in [0.25, 0.3) is 0 Å². The second kappa shape index (κ2) is 8.86. The maximum absolute atomic E-state index is 13.6. The number of amides is 2. The predicted octanol–water partition coefficient (Wildman–Crippen LogP) is 1.65. The van der Waals surface area contributed by atoms with Crippen LogP contribution in [0.5, 0.6) is 5.75 Å². The van der Waals surface area contributed by atoms with Gasteiger partial charge in [0.15, 0.2) is 11.4 Å². The molecule has 2 aromatic rings. The number of fused-ring (bicyclic) bond motifs is 2. The van der Waals surface area contributed by atoms with Crippen molar-refractivity contribution >= 4 is 27.5 Å². The van der Waals surface area contributed by atoms with Crippen molar-refractivity contribution in [2.75, 3.05) is 38.2 Å². The van der Waals surface area contributed by atoms with E-state index in [1.807, 2.05) is 6.92 Å². The summed E-state index contributed by atoms with van der Waals surface area (Å²) in [7, 11) is -2.44. The van der Waals surface area contributed by atoms with Gasteiger partial charge < -0.3 is 24.3 Å². The van der Waals surface area contributed by atoms with Gasteiger partial charge in [0.2, 0.25) is 15.9 Å². The normalized spacial score (nSPS) is 24.3. The second-order valence-corrected chi connectivity index (χ2v) is 11.8. The molecule has 0 aliphatic carbocycles. The van der Waals surface area contributed by atoms with Crippen LogP contribution in [0.4, 0.5) is 10.1 Å². The van der Waals surface area contributed by atoms with Gasteiger partial charge in [-0.1, -0.05) is 0 Å². The molecule has 2 fully saturated rings. The van der Waals surface area contributed by atoms with E-state index < -0.39 is 33.2 Å². The number of anilines is 1. The number of rotatable bonds is 3. The maximum atomic E-state index is 13.6. The van der Waals surface area contributed by atoms with Crippen LogP contribution in [-0.2, 0) is 26.6 Å². The van der Waals surface area contributed by atoms with Crippen LogP contribution in [0.15, 0.2) is 29.3 Å². The number of carbonyl (C=O) groups is 2. The molecule has 3 aliphatic heterocycles. The number of hydrogen-bond acceptors (Lipinski definition) is 6. The molecule has 36 heavy (non-hydrogen) atoms. The van der Waals surface area contributed by atoms with Gasteiger partial charge >= 0.3 is 0 Å². The number of piperidine rings is 1. The Morgan fingerprint density at radius 1 is 1.28 bits per heavy atom. The van der Waals surface area contributed by atoms with Crippen molar-refractivity contribution < 1.29 is 31.9 Å². The number of aryl methyl sites for hydroxylation is 2. The number of ether oxygens (including phenoxy) is 2. The molecule has 4 heterocycles. The zero-order chi connectivity index (χ0) is 25.8. The summed E-state index contributed by atoms with van der Waals surface area (Å²) in [5, 5.41) is 2.69. The van der Waals surface area contributed by atoms with E-state index >= 15 is 0 Å². The summed E-state index contributed by atoms with van der Waals surface area (Å²) in [6.07, 6.45) is 1.80. The summed E-state index contributed by atoms with van der Waals surface area (Å²) >= 11 is 0. The lowest BCUT2D eigenvalue weighted by Crippen LogP contribution is -2.60. The molecule has 1 aromatic carbocycles. The molecular formula is C24H29FN4O6S. The quantitative estimate of drug-likeness (QED) is 0.635. The van der Waals surface area contributed by atoms with Gasteiger partial charge in [0.25, 0.3) is 5.91 Å². The first-order valence-corrected chi connectivity index (χ1v) is 13.3. The lowest BCUT2D eigenvalue weighted by Gasteiger charge is -2.45. The molecule has 0 radical (unpaired) electrons. The molecule has 2 N–H and O–H groups in total. The van der Waals surface area contributed by atoms with Crippen molar-refractivity contribution in [3.8, 4) is 5.75 Å². The van der Waals surface area contributed by atoms with E-state index in [0.717, 1.165) is 0 Å². The number of benzene rings is 1. The fourth-order valence-electron chi connectivity index (χ4n) is 4.99. The number of aromatic nitrogens is 1. The van der Waals surface area contributed by atoms with Crippen molar-refractivity contribution in [1.82, 2.24) is 14.2 Å². The van der Waals surface area contributed by atoms with Crippen LogP contribution in [0.2, 0.25) is 0 Å². The van der Waals surface area contributed by atoms with E-state index in [0.29, 0.717) is 44.0 Å². The Morgan fingerprint density at radius 2 is 2.03 bits per heavy atom. The Hall–Kier alpha value is -2.96. The van der Waals surface area contributed by atoms with Crippen LogP contribution in [0.3, 0.4) is 0 Å². The fraction of sp³-hybridized carbons (Fsp3) is 0.500. The Balaban J connectivity index is 1.41. The van der Waals surface area contributed by atoms with Crippen LogP contribution in [-0.4, -0.2) is 68.7 Å². The van der Waals surface area contributed by atoms with E-state index in [4.69, 9.17) is 9.47 Å². The number of nitrogens with one attached hydrogen (secondary N) is 2. The van der Waals surface area contributed by atoms with Gasteiger partial charge in [-0.25, -0.2) is 17.5 Å². The summed E-state index contributed by atoms with van der Waals surface area (Å²) in [4.78, 5) is 27.8. The van der Waals surface area contributed by atoms with E-state index in [2.05, 4.69) is 10.0 Å². The molecule has 0 unspecified atom stereocenters. The third kappa shape index (κ3) is 4.27. The average Bonchev–Trinajstić information content (AvgIpc) is 3.14. The zero-order valence-electron chi connectivity index (χ0n) is 20.3. The topological polar surface area (TPSA) is 119 Å². The third-order valence-electron chi connectivity index (χ3n) is 7.15. The van der Waals surface area contributed by atoms with E-state index in [-0.39, 0.29) is 34.8 Å². The first-order chi connectivity index (χ1) is 17.0. The summed E-state index contributed by atoms with van der Waals surface area (Å²) in [6, 6.07) is 3.76. The third-order valence-corrected chi connectivity index (χ3v) is 8.63. The van der Waals surface area contributed by atoms with Gasteiger partial charge in [-0.05, 0) is 44.0 Å². The van der Waals surface area contributed by atoms with Crippen molar-refractivity contribution in [1.29, 1.82) is 0 Å². The maximum Gasteiger partial charge on any atom is 0.276 e. The minimum absolute atomic E-state index is 0.00725. The molecule has 10 nitrogen and oxygen atoms in total. The second-order valence-electron chi connectivity index (χ2n) is 10.1. The van der Waals surface area contributed by atoms with Crippen molar-refractivity contribution in [3.63, 3.8) is 0 Å². The summed E-state index contributed by atoms with van der Waals surface area (Å²) in [5.74, 6) is -1.35. The molecule has 0 saturated carbocycles. The Kier molecular flexibility index (Phi) is 6.08. The van der Waals surface area contributed by atoms with Gasteiger partial charge in [0.05, 0.1) is 25.2 Å². The standard InChI is InChI=1S/C24H29FN4O6S/c1-14-8-16(4-5-17(14)25)26-22(30)20-21-19(10-28(20)3)36(32,33)27-18-6-7-29(9-15(18)11-35-21)23(31)24(2)12-34-13-24/h4-5,8,10,15,18,27H,6-7,9,11-13H2,1-3H3,(H,26,30)/t15-,18+/m0/s1. The minimum Gasteiger partial charge on any atom is -0.489 e. The largest absolute Gasteiger partial charge is 0.489 e. The first kappa shape index (κ1) is 24.7.